The number of hydrogen-bond acceptors (Lipinski definition) is 6. The number of benzene rings is 2. The molecule has 0 bridgehead atoms. The van der Waals surface area contributed by atoms with Crippen molar-refractivity contribution in [3.63, 3.8) is 0 Å². The maximum absolute atomic E-state index is 12.0. The molecule has 0 unspecified atom stereocenters. The van der Waals surface area contributed by atoms with E-state index in [0.29, 0.717) is 0 Å². The summed E-state index contributed by atoms with van der Waals surface area (Å²) in [4.78, 5) is 22.7. The maximum atomic E-state index is 12.0. The second kappa shape index (κ2) is 6.10. The van der Waals surface area contributed by atoms with Gasteiger partial charge in [-0.05, 0) is 30.4 Å². The summed E-state index contributed by atoms with van der Waals surface area (Å²) < 4.78 is 0. The van der Waals surface area contributed by atoms with Crippen molar-refractivity contribution in [2.75, 3.05) is 0 Å². The average Bonchev–Trinajstić information content (AvgIpc) is 2.54. The highest BCUT2D eigenvalue weighted by Gasteiger charge is 2.15. The maximum Gasteiger partial charge on any atom is 0.335 e. The number of phenolic OH excluding ortho intramolecular Hbond substituents is 4. The zero-order chi connectivity index (χ0) is 17.1. The first-order chi connectivity index (χ1) is 10.8. The molecule has 2 aromatic carbocycles. The molecule has 0 heterocycles. The van der Waals surface area contributed by atoms with E-state index in [-0.39, 0.29) is 16.7 Å². The van der Waals surface area contributed by atoms with Gasteiger partial charge in [-0.25, -0.2) is 4.79 Å². The first kappa shape index (κ1) is 15.9. The van der Waals surface area contributed by atoms with Crippen molar-refractivity contribution in [1.29, 1.82) is 0 Å². The molecular formula is C16H12O7. The summed E-state index contributed by atoms with van der Waals surface area (Å²) in [6, 6.07) is 6.20. The van der Waals surface area contributed by atoms with E-state index in [1.54, 1.807) is 0 Å². The van der Waals surface area contributed by atoms with Gasteiger partial charge in [-0.1, -0.05) is 12.1 Å². The number of carboxylic acid groups (broad SMARTS) is 1. The highest BCUT2D eigenvalue weighted by molar-refractivity contribution is 6.07. The van der Waals surface area contributed by atoms with Gasteiger partial charge < -0.3 is 25.5 Å². The minimum absolute atomic E-state index is 0.0385. The number of hydrogen-bond donors (Lipinski definition) is 5. The third kappa shape index (κ3) is 3.24. The predicted molar refractivity (Wildman–Crippen MR) is 79.9 cm³/mol. The molecule has 0 spiro atoms. The number of carboxylic acids is 1. The van der Waals surface area contributed by atoms with Crippen molar-refractivity contribution < 1.29 is 35.1 Å². The molecule has 0 aromatic heterocycles. The Hall–Kier alpha value is -3.48. The molecule has 0 amide bonds. The molecular weight excluding hydrogens is 304 g/mol. The van der Waals surface area contributed by atoms with E-state index >= 15 is 0 Å². The number of aromatic carboxylic acids is 1. The molecule has 2 aromatic rings. The Morgan fingerprint density at radius 3 is 1.96 bits per heavy atom. The van der Waals surface area contributed by atoms with Crippen LogP contribution in [-0.2, 0) is 0 Å². The summed E-state index contributed by atoms with van der Waals surface area (Å²) in [5, 5.41) is 46.4. The Morgan fingerprint density at radius 2 is 1.39 bits per heavy atom. The highest BCUT2D eigenvalue weighted by Crippen LogP contribution is 2.44. The van der Waals surface area contributed by atoms with Crippen LogP contribution in [0.1, 0.15) is 26.3 Å². The van der Waals surface area contributed by atoms with Crippen LogP contribution < -0.4 is 0 Å². The number of aromatic hydroxyl groups is 4. The number of ketones is 1. The van der Waals surface area contributed by atoms with E-state index in [0.717, 1.165) is 18.2 Å². The average molecular weight is 316 g/mol. The van der Waals surface area contributed by atoms with E-state index in [4.69, 9.17) is 5.11 Å². The van der Waals surface area contributed by atoms with Gasteiger partial charge in [0.05, 0.1) is 5.56 Å². The van der Waals surface area contributed by atoms with Crippen molar-refractivity contribution in [1.82, 2.24) is 0 Å². The fourth-order valence-corrected chi connectivity index (χ4v) is 1.82. The Labute approximate surface area is 130 Å². The van der Waals surface area contributed by atoms with Crippen molar-refractivity contribution in [2.45, 2.75) is 0 Å². The molecule has 5 N–H and O–H groups in total. The normalized spacial score (nSPS) is 10.8. The lowest BCUT2D eigenvalue weighted by molar-refractivity contribution is 0.0696. The van der Waals surface area contributed by atoms with Crippen molar-refractivity contribution in [3.05, 3.63) is 53.1 Å². The van der Waals surface area contributed by atoms with Gasteiger partial charge in [-0.2, -0.15) is 0 Å². The number of allylic oxidation sites excluding steroid dienone is 1. The van der Waals surface area contributed by atoms with Gasteiger partial charge in [-0.3, -0.25) is 4.79 Å². The molecule has 0 aliphatic rings. The van der Waals surface area contributed by atoms with Gasteiger partial charge in [0.15, 0.2) is 17.3 Å². The molecule has 0 atom stereocenters. The van der Waals surface area contributed by atoms with Crippen LogP contribution in [0.25, 0.3) is 6.08 Å². The third-order valence-electron chi connectivity index (χ3n) is 3.09. The number of rotatable bonds is 4. The fourth-order valence-electron chi connectivity index (χ4n) is 1.82. The SMILES string of the molecule is O=C(O)c1ccc(C(=O)/C=C/c2cc(O)c(O)c(O)c2O)cc1. The largest absolute Gasteiger partial charge is 0.504 e. The van der Waals surface area contributed by atoms with E-state index in [1.807, 2.05) is 0 Å². The molecule has 23 heavy (non-hydrogen) atoms. The molecule has 118 valence electrons. The molecule has 0 aliphatic heterocycles. The van der Waals surface area contributed by atoms with Crippen molar-refractivity contribution >= 4 is 17.8 Å². The van der Waals surface area contributed by atoms with Gasteiger partial charge in [0.25, 0.3) is 0 Å². The van der Waals surface area contributed by atoms with Gasteiger partial charge in [-0.15, -0.1) is 0 Å². The zero-order valence-corrected chi connectivity index (χ0v) is 11.6. The molecule has 0 aliphatic carbocycles. The molecule has 7 heteroatoms. The van der Waals surface area contributed by atoms with Crippen molar-refractivity contribution in [3.8, 4) is 23.0 Å². The monoisotopic (exact) mass is 316 g/mol. The van der Waals surface area contributed by atoms with Crippen LogP contribution in [0, 0.1) is 0 Å². The molecule has 7 nitrogen and oxygen atoms in total. The Bertz CT molecular complexity index is 804. The Balaban J connectivity index is 2.26. The van der Waals surface area contributed by atoms with E-state index in [2.05, 4.69) is 0 Å². The van der Waals surface area contributed by atoms with Crippen LogP contribution in [0.5, 0.6) is 23.0 Å². The summed E-state index contributed by atoms with van der Waals surface area (Å²) in [6.07, 6.45) is 2.21. The predicted octanol–water partition coefficient (Wildman–Crippen LogP) is 2.10. The number of carbonyl (C=O) groups is 2. The topological polar surface area (TPSA) is 135 Å². The lowest BCUT2D eigenvalue weighted by atomic mass is 10.1. The highest BCUT2D eigenvalue weighted by atomic mass is 16.4. The molecule has 0 radical (unpaired) electrons. The van der Waals surface area contributed by atoms with Crippen LogP contribution in [0.15, 0.2) is 36.4 Å². The second-order valence-electron chi connectivity index (χ2n) is 4.61. The van der Waals surface area contributed by atoms with Crippen LogP contribution >= 0.6 is 0 Å². The van der Waals surface area contributed by atoms with E-state index in [9.17, 15) is 30.0 Å². The molecule has 0 saturated carbocycles. The van der Waals surface area contributed by atoms with Gasteiger partial charge in [0, 0.05) is 11.1 Å². The smallest absolute Gasteiger partial charge is 0.335 e. The van der Waals surface area contributed by atoms with Crippen LogP contribution in [-0.4, -0.2) is 37.3 Å². The first-order valence-corrected chi connectivity index (χ1v) is 6.34. The second-order valence-corrected chi connectivity index (χ2v) is 4.61. The zero-order valence-electron chi connectivity index (χ0n) is 11.6. The first-order valence-electron chi connectivity index (χ1n) is 6.34. The van der Waals surface area contributed by atoms with Gasteiger partial charge in [0.2, 0.25) is 11.5 Å². The molecule has 0 saturated heterocycles. The lowest BCUT2D eigenvalue weighted by Gasteiger charge is -2.06. The number of carbonyl (C=O) groups excluding carboxylic acids is 1. The summed E-state index contributed by atoms with van der Waals surface area (Å²) in [7, 11) is 0. The fraction of sp³-hybridized carbons (Fsp3) is 0. The lowest BCUT2D eigenvalue weighted by Crippen LogP contribution is -1.98. The van der Waals surface area contributed by atoms with Gasteiger partial charge in [0.1, 0.15) is 0 Å². The van der Waals surface area contributed by atoms with Crippen LogP contribution in [0.2, 0.25) is 0 Å². The Morgan fingerprint density at radius 1 is 0.826 bits per heavy atom. The van der Waals surface area contributed by atoms with Crippen LogP contribution in [0.3, 0.4) is 0 Å². The summed E-state index contributed by atoms with van der Waals surface area (Å²) in [5.74, 6) is -4.70. The molecule has 0 fully saturated rings. The third-order valence-corrected chi connectivity index (χ3v) is 3.09. The standard InChI is InChI=1S/C16H12O7/c17-11(8-1-3-9(4-2-8)16(22)23)6-5-10-7-12(18)14(20)15(21)13(10)19/h1-7,18-21H,(H,22,23)/b6-5+. The Kier molecular flexibility index (Phi) is 4.22. The minimum Gasteiger partial charge on any atom is -0.504 e. The summed E-state index contributed by atoms with van der Waals surface area (Å²) in [6.45, 7) is 0. The van der Waals surface area contributed by atoms with Crippen LogP contribution in [0.4, 0.5) is 0 Å². The molecule has 2 rings (SSSR count). The number of phenols is 4. The summed E-state index contributed by atoms with van der Waals surface area (Å²) >= 11 is 0. The van der Waals surface area contributed by atoms with Gasteiger partial charge >= 0.3 is 5.97 Å². The van der Waals surface area contributed by atoms with Crippen molar-refractivity contribution in [2.24, 2.45) is 0 Å². The minimum atomic E-state index is -1.11. The van der Waals surface area contributed by atoms with E-state index < -0.39 is 34.8 Å². The quantitative estimate of drug-likeness (QED) is 0.252. The summed E-state index contributed by atoms with van der Waals surface area (Å²) in [5.41, 5.74) is 0.183. The van der Waals surface area contributed by atoms with E-state index in [1.165, 1.54) is 24.3 Å².